The van der Waals surface area contributed by atoms with Crippen LogP contribution in [0, 0.1) is 5.41 Å². The van der Waals surface area contributed by atoms with Gasteiger partial charge in [-0.3, -0.25) is 0 Å². The topological polar surface area (TPSA) is 108 Å². The Bertz CT molecular complexity index is 635. The van der Waals surface area contributed by atoms with Crippen molar-refractivity contribution in [2.45, 2.75) is 44.2 Å². The smallest absolute Gasteiger partial charge is 0.352 e. The summed E-state index contributed by atoms with van der Waals surface area (Å²) in [4.78, 5) is 13.1. The van der Waals surface area contributed by atoms with Crippen molar-refractivity contribution in [1.29, 1.82) is 0 Å². The van der Waals surface area contributed by atoms with Crippen LogP contribution in [-0.2, 0) is 14.8 Å². The maximum Gasteiger partial charge on any atom is 0.352 e. The van der Waals surface area contributed by atoms with Crippen LogP contribution in [0.4, 0.5) is 0 Å². The van der Waals surface area contributed by atoms with Crippen LogP contribution in [0.2, 0.25) is 0 Å². The molecule has 0 bridgehead atoms. The van der Waals surface area contributed by atoms with Gasteiger partial charge in [0, 0.05) is 24.3 Å². The number of aromatic nitrogens is 1. The number of aromatic amines is 1. The quantitative estimate of drug-likeness (QED) is 0.730. The lowest BCUT2D eigenvalue weighted by molar-refractivity contribution is -0.108. The van der Waals surface area contributed by atoms with E-state index in [1.807, 2.05) is 20.8 Å². The molecule has 7 nitrogen and oxygen atoms in total. The number of carbonyl (C=O) groups is 1. The van der Waals surface area contributed by atoms with E-state index in [9.17, 15) is 13.2 Å². The normalized spacial score (nSPS) is 24.5. The van der Waals surface area contributed by atoms with Gasteiger partial charge in [0.2, 0.25) is 10.0 Å². The van der Waals surface area contributed by atoms with Crippen LogP contribution < -0.4 is 4.72 Å². The zero-order chi connectivity index (χ0) is 15.8. The molecule has 1 saturated carbocycles. The van der Waals surface area contributed by atoms with Gasteiger partial charge in [0.25, 0.3) is 0 Å². The SMILES string of the molecule is CCOC1CC(NS(=O)(=O)c2c[nH]c(C(=O)O)c2)C1(C)C. The zero-order valence-electron chi connectivity index (χ0n) is 12.2. The lowest BCUT2D eigenvalue weighted by Gasteiger charge is -2.51. The molecule has 1 aromatic heterocycles. The number of carboxylic acids is 1. The molecule has 1 heterocycles. The van der Waals surface area contributed by atoms with Crippen molar-refractivity contribution in [2.24, 2.45) is 5.41 Å². The maximum atomic E-state index is 12.3. The summed E-state index contributed by atoms with van der Waals surface area (Å²) in [5, 5.41) is 8.82. The van der Waals surface area contributed by atoms with Crippen molar-refractivity contribution in [2.75, 3.05) is 6.61 Å². The molecule has 1 aliphatic rings. The largest absolute Gasteiger partial charge is 0.477 e. The van der Waals surface area contributed by atoms with Crippen LogP contribution in [0.1, 0.15) is 37.7 Å². The first-order valence-corrected chi connectivity index (χ1v) is 8.22. The van der Waals surface area contributed by atoms with E-state index < -0.39 is 16.0 Å². The molecule has 0 spiro atoms. The van der Waals surface area contributed by atoms with Gasteiger partial charge >= 0.3 is 5.97 Å². The summed E-state index contributed by atoms with van der Waals surface area (Å²) < 4.78 is 32.7. The first kappa shape index (κ1) is 16.0. The van der Waals surface area contributed by atoms with Crippen molar-refractivity contribution in [1.82, 2.24) is 9.71 Å². The molecule has 0 radical (unpaired) electrons. The lowest BCUT2D eigenvalue weighted by atomic mass is 9.65. The van der Waals surface area contributed by atoms with Gasteiger partial charge < -0.3 is 14.8 Å². The summed E-state index contributed by atoms with van der Waals surface area (Å²) in [6, 6.07) is 0.873. The van der Waals surface area contributed by atoms with E-state index in [1.165, 1.54) is 6.20 Å². The van der Waals surface area contributed by atoms with E-state index in [0.717, 1.165) is 6.07 Å². The Kier molecular flexibility index (Phi) is 4.14. The van der Waals surface area contributed by atoms with Gasteiger partial charge in [0.1, 0.15) is 10.6 Å². The Morgan fingerprint density at radius 2 is 2.24 bits per heavy atom. The van der Waals surface area contributed by atoms with Crippen molar-refractivity contribution in [3.63, 3.8) is 0 Å². The predicted octanol–water partition coefficient (Wildman–Crippen LogP) is 1.19. The molecule has 0 aliphatic heterocycles. The minimum absolute atomic E-state index is 0.0241. The van der Waals surface area contributed by atoms with Crippen LogP contribution in [0.5, 0.6) is 0 Å². The van der Waals surface area contributed by atoms with E-state index in [0.29, 0.717) is 13.0 Å². The van der Waals surface area contributed by atoms with Crippen LogP contribution in [0.25, 0.3) is 0 Å². The second-order valence-corrected chi connectivity index (χ2v) is 7.44. The first-order chi connectivity index (χ1) is 9.68. The summed E-state index contributed by atoms with van der Waals surface area (Å²) in [6.07, 6.45) is 1.81. The van der Waals surface area contributed by atoms with Gasteiger partial charge in [-0.15, -0.1) is 0 Å². The second-order valence-electron chi connectivity index (χ2n) is 5.73. The van der Waals surface area contributed by atoms with Gasteiger partial charge in [0.05, 0.1) is 6.10 Å². The number of sulfonamides is 1. The van der Waals surface area contributed by atoms with E-state index in [4.69, 9.17) is 9.84 Å². The fourth-order valence-electron chi connectivity index (χ4n) is 2.48. The molecule has 0 aromatic carbocycles. The van der Waals surface area contributed by atoms with Crippen LogP contribution >= 0.6 is 0 Å². The Morgan fingerprint density at radius 1 is 1.57 bits per heavy atom. The number of carboxylic acid groups (broad SMARTS) is 1. The molecule has 3 N–H and O–H groups in total. The lowest BCUT2D eigenvalue weighted by Crippen LogP contribution is -2.61. The summed E-state index contributed by atoms with van der Waals surface area (Å²) in [6.45, 7) is 6.39. The Labute approximate surface area is 123 Å². The van der Waals surface area contributed by atoms with Gasteiger partial charge in [-0.1, -0.05) is 13.8 Å². The predicted molar refractivity (Wildman–Crippen MR) is 75.7 cm³/mol. The molecular formula is C13H20N2O5S. The number of nitrogens with one attached hydrogen (secondary N) is 2. The number of H-pyrrole nitrogens is 1. The summed E-state index contributed by atoms with van der Waals surface area (Å²) in [5.74, 6) is -1.20. The molecule has 0 amide bonds. The molecule has 1 fully saturated rings. The molecule has 0 saturated heterocycles. The Morgan fingerprint density at radius 3 is 2.71 bits per heavy atom. The van der Waals surface area contributed by atoms with Crippen molar-refractivity contribution in [3.05, 3.63) is 18.0 Å². The van der Waals surface area contributed by atoms with Crippen LogP contribution in [0.15, 0.2) is 17.2 Å². The highest BCUT2D eigenvalue weighted by Crippen LogP contribution is 2.43. The fourth-order valence-corrected chi connectivity index (χ4v) is 3.88. The minimum atomic E-state index is -3.74. The van der Waals surface area contributed by atoms with Crippen molar-refractivity contribution in [3.8, 4) is 0 Å². The molecule has 2 unspecified atom stereocenters. The highest BCUT2D eigenvalue weighted by Gasteiger charge is 2.50. The van der Waals surface area contributed by atoms with Crippen LogP contribution in [-0.4, -0.2) is 43.2 Å². The van der Waals surface area contributed by atoms with Crippen molar-refractivity contribution < 1.29 is 23.1 Å². The molecule has 2 rings (SSSR count). The number of hydrogen-bond acceptors (Lipinski definition) is 4. The average Bonchev–Trinajstić information content (AvgIpc) is 2.88. The molecule has 2 atom stereocenters. The monoisotopic (exact) mass is 316 g/mol. The molecule has 1 aromatic rings. The van der Waals surface area contributed by atoms with E-state index in [1.54, 1.807) is 0 Å². The zero-order valence-corrected chi connectivity index (χ0v) is 13.0. The first-order valence-electron chi connectivity index (χ1n) is 6.74. The number of rotatable bonds is 6. The molecule has 118 valence electrons. The van der Waals surface area contributed by atoms with E-state index in [-0.39, 0.29) is 28.2 Å². The standard InChI is InChI=1S/C13H20N2O5S/c1-4-20-11-6-10(13(11,2)3)15-21(18,19)8-5-9(12(16)17)14-7-8/h5,7,10-11,14-15H,4,6H2,1-3H3,(H,16,17). The third-order valence-electron chi connectivity index (χ3n) is 4.04. The molecular weight excluding hydrogens is 296 g/mol. The summed E-state index contributed by atoms with van der Waals surface area (Å²) >= 11 is 0. The number of hydrogen-bond donors (Lipinski definition) is 3. The van der Waals surface area contributed by atoms with Crippen molar-refractivity contribution >= 4 is 16.0 Å². The Hall–Kier alpha value is -1.38. The summed E-state index contributed by atoms with van der Waals surface area (Å²) in [5.41, 5.74) is -0.454. The van der Waals surface area contributed by atoms with Gasteiger partial charge in [-0.05, 0) is 19.4 Å². The van der Waals surface area contributed by atoms with Gasteiger partial charge in [-0.2, -0.15) is 0 Å². The Balaban J connectivity index is 2.10. The van der Waals surface area contributed by atoms with Gasteiger partial charge in [0.15, 0.2) is 0 Å². The molecule has 1 aliphatic carbocycles. The minimum Gasteiger partial charge on any atom is -0.477 e. The highest BCUT2D eigenvalue weighted by atomic mass is 32.2. The fraction of sp³-hybridized carbons (Fsp3) is 0.615. The molecule has 8 heteroatoms. The maximum absolute atomic E-state index is 12.3. The highest BCUT2D eigenvalue weighted by molar-refractivity contribution is 7.89. The third-order valence-corrected chi connectivity index (χ3v) is 5.49. The van der Waals surface area contributed by atoms with Gasteiger partial charge in [-0.25, -0.2) is 17.9 Å². The number of ether oxygens (including phenoxy) is 1. The van der Waals surface area contributed by atoms with E-state index >= 15 is 0 Å². The average molecular weight is 316 g/mol. The number of aromatic carboxylic acids is 1. The third kappa shape index (κ3) is 2.97. The van der Waals surface area contributed by atoms with E-state index in [2.05, 4.69) is 9.71 Å². The second kappa shape index (κ2) is 5.43. The molecule has 21 heavy (non-hydrogen) atoms. The van der Waals surface area contributed by atoms with Crippen LogP contribution in [0.3, 0.4) is 0 Å². The summed E-state index contributed by atoms with van der Waals surface area (Å²) in [7, 11) is -3.74.